The predicted octanol–water partition coefficient (Wildman–Crippen LogP) is 7.29. The molecular weight excluding hydrogens is 316 g/mol. The maximum Gasteiger partial charge on any atom is 0.194 e. The minimum absolute atomic E-state index is 0. The highest BCUT2D eigenvalue weighted by Crippen LogP contribution is 2.44. The lowest BCUT2D eigenvalue weighted by Crippen LogP contribution is -2.23. The molecule has 4 heteroatoms. The van der Waals surface area contributed by atoms with Crippen molar-refractivity contribution < 1.29 is 19.0 Å². The maximum atomic E-state index is 14.5. The van der Waals surface area contributed by atoms with Crippen molar-refractivity contribution in [3.8, 4) is 0 Å². The van der Waals surface area contributed by atoms with E-state index in [-0.39, 0.29) is 20.2 Å². The molecule has 3 rings (SSSR count). The van der Waals surface area contributed by atoms with E-state index in [2.05, 4.69) is 6.92 Å². The van der Waals surface area contributed by atoms with Crippen molar-refractivity contribution in [2.75, 3.05) is 0 Å². The van der Waals surface area contributed by atoms with Gasteiger partial charge in [0.2, 0.25) is 0 Å². The van der Waals surface area contributed by atoms with Crippen molar-refractivity contribution in [1.29, 1.82) is 0 Å². The maximum absolute atomic E-state index is 14.5. The second kappa shape index (κ2) is 7.71. The van der Waals surface area contributed by atoms with E-state index < -0.39 is 17.5 Å². The molecule has 1 aromatic rings. The van der Waals surface area contributed by atoms with E-state index in [1.165, 1.54) is 12.8 Å². The Labute approximate surface area is 143 Å². The van der Waals surface area contributed by atoms with Crippen molar-refractivity contribution in [3.63, 3.8) is 0 Å². The first-order chi connectivity index (χ1) is 11.0. The van der Waals surface area contributed by atoms with Gasteiger partial charge >= 0.3 is 0 Å². The molecule has 0 amide bonds. The van der Waals surface area contributed by atoms with Crippen LogP contribution in [-0.2, 0) is 0 Å². The van der Waals surface area contributed by atoms with Gasteiger partial charge in [0.15, 0.2) is 17.5 Å². The van der Waals surface area contributed by atoms with Gasteiger partial charge in [-0.05, 0) is 66.7 Å². The van der Waals surface area contributed by atoms with Gasteiger partial charge in [-0.2, -0.15) is 0 Å². The van der Waals surface area contributed by atoms with Gasteiger partial charge in [-0.15, -0.1) is 0 Å². The van der Waals surface area contributed by atoms with E-state index in [0.29, 0.717) is 30.3 Å². The number of benzene rings is 1. The van der Waals surface area contributed by atoms with Crippen LogP contribution < -0.4 is 0 Å². The number of halogens is 4. The van der Waals surface area contributed by atoms with Gasteiger partial charge in [0.1, 0.15) is 5.83 Å². The van der Waals surface area contributed by atoms with Gasteiger partial charge in [-0.1, -0.05) is 27.2 Å². The van der Waals surface area contributed by atoms with E-state index >= 15 is 0 Å². The third kappa shape index (κ3) is 3.84. The molecule has 1 aromatic carbocycles. The van der Waals surface area contributed by atoms with Crippen molar-refractivity contribution in [3.05, 3.63) is 41.0 Å². The van der Waals surface area contributed by atoms with E-state index in [9.17, 15) is 17.6 Å². The lowest BCUT2D eigenvalue weighted by Gasteiger charge is -2.35. The van der Waals surface area contributed by atoms with Crippen LogP contribution in [0.15, 0.2) is 18.0 Å². The second-order valence-corrected chi connectivity index (χ2v) is 7.16. The Bertz CT molecular complexity index is 595. The molecule has 0 spiro atoms. The van der Waals surface area contributed by atoms with Gasteiger partial charge in [-0.3, -0.25) is 0 Å². The van der Waals surface area contributed by atoms with Crippen molar-refractivity contribution in [2.45, 2.75) is 59.3 Å². The average molecular weight is 344 g/mol. The van der Waals surface area contributed by atoms with Crippen molar-refractivity contribution >= 4 is 5.57 Å². The van der Waals surface area contributed by atoms with Gasteiger partial charge in [0, 0.05) is 7.85 Å². The highest BCUT2D eigenvalue weighted by molar-refractivity contribution is 5.68. The van der Waals surface area contributed by atoms with Crippen LogP contribution in [0.5, 0.6) is 0 Å². The Morgan fingerprint density at radius 2 is 1.46 bits per heavy atom. The SMILES string of the molecule is C.CC1CCC(C2CCC(c3cc(F)c(F)c(F)c3)=C(F)C2)CC1.[HH]. The van der Waals surface area contributed by atoms with Crippen molar-refractivity contribution in [1.82, 2.24) is 0 Å². The summed E-state index contributed by atoms with van der Waals surface area (Å²) in [6.07, 6.45) is 6.34. The topological polar surface area (TPSA) is 0 Å². The fourth-order valence-electron chi connectivity index (χ4n) is 4.11. The van der Waals surface area contributed by atoms with Gasteiger partial charge < -0.3 is 0 Å². The molecular formula is C20H28F4. The molecule has 0 heterocycles. The molecule has 2 aliphatic carbocycles. The zero-order chi connectivity index (χ0) is 16.6. The first kappa shape index (κ1) is 19.0. The van der Waals surface area contributed by atoms with Crippen LogP contribution in [0.2, 0.25) is 0 Å². The molecule has 0 radical (unpaired) electrons. The van der Waals surface area contributed by atoms with E-state index in [1.54, 1.807) is 0 Å². The molecule has 24 heavy (non-hydrogen) atoms. The molecule has 1 atom stereocenters. The molecule has 1 fully saturated rings. The molecule has 0 saturated heterocycles. The first-order valence-corrected chi connectivity index (χ1v) is 8.48. The molecule has 0 aromatic heterocycles. The fraction of sp³-hybridized carbons (Fsp3) is 0.600. The Morgan fingerprint density at radius 1 is 0.875 bits per heavy atom. The van der Waals surface area contributed by atoms with Crippen LogP contribution in [0.1, 0.15) is 66.3 Å². The highest BCUT2D eigenvalue weighted by Gasteiger charge is 2.31. The zero-order valence-corrected chi connectivity index (χ0v) is 13.3. The summed E-state index contributed by atoms with van der Waals surface area (Å²) < 4.78 is 54.3. The van der Waals surface area contributed by atoms with E-state index in [1.807, 2.05) is 0 Å². The monoisotopic (exact) mass is 344 g/mol. The van der Waals surface area contributed by atoms with Crippen LogP contribution in [0.3, 0.4) is 0 Å². The van der Waals surface area contributed by atoms with E-state index in [0.717, 1.165) is 37.3 Å². The Kier molecular flexibility index (Phi) is 6.11. The minimum Gasteiger partial charge on any atom is -0.211 e. The van der Waals surface area contributed by atoms with Crippen molar-refractivity contribution in [2.24, 2.45) is 17.8 Å². The Balaban J connectivity index is 0.00000156. The van der Waals surface area contributed by atoms with Crippen LogP contribution in [0.4, 0.5) is 17.6 Å². The predicted molar refractivity (Wildman–Crippen MR) is 91.7 cm³/mol. The third-order valence-electron chi connectivity index (χ3n) is 5.59. The molecule has 1 saturated carbocycles. The van der Waals surface area contributed by atoms with E-state index in [4.69, 9.17) is 0 Å². The minimum atomic E-state index is -1.50. The summed E-state index contributed by atoms with van der Waals surface area (Å²) in [5.41, 5.74) is 0.470. The van der Waals surface area contributed by atoms with Gasteiger partial charge in [0.05, 0.1) is 0 Å². The highest BCUT2D eigenvalue weighted by atomic mass is 19.2. The number of rotatable bonds is 2. The lowest BCUT2D eigenvalue weighted by molar-refractivity contribution is 0.192. The Hall–Kier alpha value is -1.32. The van der Waals surface area contributed by atoms with Gasteiger partial charge in [0.25, 0.3) is 0 Å². The summed E-state index contributed by atoms with van der Waals surface area (Å²) in [5, 5.41) is 0. The second-order valence-electron chi connectivity index (χ2n) is 7.16. The number of hydrogen-bond donors (Lipinski definition) is 0. The molecule has 1 unspecified atom stereocenters. The summed E-state index contributed by atoms with van der Waals surface area (Å²) in [7, 11) is 0. The lowest BCUT2D eigenvalue weighted by atomic mass is 9.71. The van der Waals surface area contributed by atoms with Gasteiger partial charge in [-0.25, -0.2) is 17.6 Å². The summed E-state index contributed by atoms with van der Waals surface area (Å²) in [5.74, 6) is -2.67. The largest absolute Gasteiger partial charge is 0.211 e. The Morgan fingerprint density at radius 3 is 2.00 bits per heavy atom. The molecule has 2 aliphatic rings. The smallest absolute Gasteiger partial charge is 0.194 e. The molecule has 0 aliphatic heterocycles. The number of allylic oxidation sites excluding steroid dienone is 2. The number of hydrogen-bond acceptors (Lipinski definition) is 0. The first-order valence-electron chi connectivity index (χ1n) is 8.48. The summed E-state index contributed by atoms with van der Waals surface area (Å²) in [6.45, 7) is 2.26. The standard InChI is InChI=1S/C19H22F4.CH4.H2/c1-11-2-4-12(5-3-11)13-6-7-15(16(20)8-13)14-9-17(21)19(23)18(22)10-14;;/h9-13H,2-8H2,1H3;1H4;1H. The molecule has 0 nitrogen and oxygen atoms in total. The molecule has 0 N–H and O–H groups in total. The quantitative estimate of drug-likeness (QED) is 0.390. The molecule has 0 bridgehead atoms. The third-order valence-corrected chi connectivity index (χ3v) is 5.59. The summed E-state index contributed by atoms with van der Waals surface area (Å²) in [4.78, 5) is 0. The summed E-state index contributed by atoms with van der Waals surface area (Å²) in [6, 6.07) is 1.80. The normalized spacial score (nSPS) is 27.8. The zero-order valence-electron chi connectivity index (χ0n) is 13.3. The van der Waals surface area contributed by atoms with Crippen LogP contribution in [0, 0.1) is 35.2 Å². The average Bonchev–Trinajstić information content (AvgIpc) is 2.53. The van der Waals surface area contributed by atoms with Crippen LogP contribution in [-0.4, -0.2) is 0 Å². The fourth-order valence-corrected chi connectivity index (χ4v) is 4.11. The molecule has 136 valence electrons. The summed E-state index contributed by atoms with van der Waals surface area (Å²) >= 11 is 0. The van der Waals surface area contributed by atoms with Crippen LogP contribution in [0.25, 0.3) is 5.57 Å². The van der Waals surface area contributed by atoms with Crippen LogP contribution >= 0.6 is 0 Å².